The Bertz CT molecular complexity index is 1370. The highest BCUT2D eigenvalue weighted by molar-refractivity contribution is 7.99. The summed E-state index contributed by atoms with van der Waals surface area (Å²) in [6, 6.07) is 2.97. The Morgan fingerprint density at radius 2 is 2.05 bits per heavy atom. The first-order chi connectivity index (χ1) is 18.1. The molecule has 14 heteroatoms. The molecule has 0 aliphatic carbocycles. The van der Waals surface area contributed by atoms with E-state index in [-0.39, 0.29) is 40.1 Å². The summed E-state index contributed by atoms with van der Waals surface area (Å²) >= 11 is 1.94. The lowest BCUT2D eigenvalue weighted by molar-refractivity contribution is -0.113. The third-order valence-corrected chi connectivity index (χ3v) is 7.24. The molecule has 0 bridgehead atoms. The van der Waals surface area contributed by atoms with Gasteiger partial charge in [0.15, 0.2) is 28.7 Å². The summed E-state index contributed by atoms with van der Waals surface area (Å²) < 4.78 is 39.5. The van der Waals surface area contributed by atoms with Crippen LogP contribution in [0, 0.1) is 18.6 Å². The molecule has 38 heavy (non-hydrogen) atoms. The molecule has 1 aromatic carbocycles. The minimum absolute atomic E-state index is 0.0695. The van der Waals surface area contributed by atoms with E-state index in [1.165, 1.54) is 6.07 Å². The number of hydrogen-bond acceptors (Lipinski definition) is 9. The van der Waals surface area contributed by atoms with Crippen LogP contribution in [0.15, 0.2) is 36.0 Å². The van der Waals surface area contributed by atoms with Crippen molar-refractivity contribution in [3.8, 4) is 5.75 Å². The predicted molar refractivity (Wildman–Crippen MR) is 139 cm³/mol. The van der Waals surface area contributed by atoms with Crippen molar-refractivity contribution in [3.63, 3.8) is 0 Å². The highest BCUT2D eigenvalue weighted by Crippen LogP contribution is 2.34. The van der Waals surface area contributed by atoms with E-state index in [1.54, 1.807) is 31.4 Å². The van der Waals surface area contributed by atoms with Crippen LogP contribution in [0.3, 0.4) is 0 Å². The van der Waals surface area contributed by atoms with E-state index < -0.39 is 35.5 Å². The summed E-state index contributed by atoms with van der Waals surface area (Å²) in [5.41, 5.74) is 5.79. The Balaban J connectivity index is 1.75. The van der Waals surface area contributed by atoms with Gasteiger partial charge >= 0.3 is 5.97 Å². The van der Waals surface area contributed by atoms with E-state index in [9.17, 15) is 23.2 Å². The average molecular weight is 566 g/mol. The molecule has 3 aromatic rings. The summed E-state index contributed by atoms with van der Waals surface area (Å²) in [6.45, 7) is 8.91. The van der Waals surface area contributed by atoms with Gasteiger partial charge in [0.2, 0.25) is 5.91 Å². The number of hydrogen-bond donors (Lipinski definition) is 2. The zero-order valence-corrected chi connectivity index (χ0v) is 22.4. The van der Waals surface area contributed by atoms with Crippen LogP contribution in [-0.4, -0.2) is 44.9 Å². The minimum Gasteiger partial charge on any atom is -0.480 e. The number of nitrogens with zero attached hydrogens (tertiary/aromatic N) is 3. The average Bonchev–Trinajstić information content (AvgIpc) is 3.40. The monoisotopic (exact) mass is 565 g/mol. The Morgan fingerprint density at radius 3 is 2.68 bits per heavy atom. The number of aromatic nitrogens is 3. The zero-order valence-electron chi connectivity index (χ0n) is 20.7. The topological polar surface area (TPSA) is 138 Å². The molecular formula is C24H25F2N5O5S2. The van der Waals surface area contributed by atoms with Crippen molar-refractivity contribution in [2.45, 2.75) is 38.6 Å². The van der Waals surface area contributed by atoms with E-state index in [1.807, 2.05) is 0 Å². The van der Waals surface area contributed by atoms with Gasteiger partial charge in [0, 0.05) is 12.6 Å². The molecule has 1 unspecified atom stereocenters. The summed E-state index contributed by atoms with van der Waals surface area (Å²) in [5, 5.41) is 11.4. The molecule has 0 saturated carbocycles. The quantitative estimate of drug-likeness (QED) is 0.189. The molecule has 2 heterocycles. The van der Waals surface area contributed by atoms with Crippen LogP contribution in [0.4, 0.5) is 13.8 Å². The summed E-state index contributed by atoms with van der Waals surface area (Å²) in [4.78, 5) is 37.1. The van der Waals surface area contributed by atoms with Crippen LogP contribution < -0.4 is 15.8 Å². The Kier molecular flexibility index (Phi) is 9.58. The van der Waals surface area contributed by atoms with Crippen molar-refractivity contribution in [1.82, 2.24) is 14.8 Å². The molecule has 3 rings (SSSR count). The number of anilines is 1. The van der Waals surface area contributed by atoms with E-state index in [0.29, 0.717) is 22.6 Å². The number of ether oxygens (including phenoxy) is 2. The number of allylic oxidation sites excluding steroid dienone is 1. The second kappa shape index (κ2) is 12.6. The fourth-order valence-corrected chi connectivity index (χ4v) is 5.22. The molecule has 0 radical (unpaired) electrons. The third-order valence-electron chi connectivity index (χ3n) is 5.05. The van der Waals surface area contributed by atoms with Crippen molar-refractivity contribution in [3.05, 3.63) is 64.3 Å². The number of amides is 2. The second-order valence-electron chi connectivity index (χ2n) is 7.76. The van der Waals surface area contributed by atoms with Crippen molar-refractivity contribution < 1.29 is 32.6 Å². The highest BCUT2D eigenvalue weighted by Gasteiger charge is 2.26. The van der Waals surface area contributed by atoms with Gasteiger partial charge in [-0.3, -0.25) is 14.2 Å². The maximum atomic E-state index is 14.0. The molecule has 0 spiro atoms. The van der Waals surface area contributed by atoms with Crippen LogP contribution in [-0.2, 0) is 16.1 Å². The maximum absolute atomic E-state index is 14.0. The first-order valence-corrected chi connectivity index (χ1v) is 13.1. The SMILES string of the molecule is C=CCn1c(SCC(=O)Nc2sc(C(N)=O)c(C)c2C(=O)OCC)nnc1C(C)Oc1ccc(F)cc1F. The molecule has 0 aliphatic rings. The molecule has 1 atom stereocenters. The van der Waals surface area contributed by atoms with Crippen LogP contribution in [0.25, 0.3) is 0 Å². The third kappa shape index (κ3) is 6.55. The Labute approximate surface area is 225 Å². The number of nitrogens with one attached hydrogen (secondary N) is 1. The normalized spacial score (nSPS) is 11.6. The lowest BCUT2D eigenvalue weighted by Crippen LogP contribution is -2.17. The zero-order chi connectivity index (χ0) is 28.0. The van der Waals surface area contributed by atoms with Gasteiger partial charge in [-0.25, -0.2) is 13.6 Å². The van der Waals surface area contributed by atoms with Crippen LogP contribution in [0.2, 0.25) is 0 Å². The Hall–Kier alpha value is -3.78. The lowest BCUT2D eigenvalue weighted by atomic mass is 10.1. The van der Waals surface area contributed by atoms with Crippen LogP contribution in [0.1, 0.15) is 51.4 Å². The van der Waals surface area contributed by atoms with E-state index >= 15 is 0 Å². The van der Waals surface area contributed by atoms with Gasteiger partial charge in [-0.1, -0.05) is 17.8 Å². The fraction of sp³-hybridized carbons (Fsp3) is 0.292. The highest BCUT2D eigenvalue weighted by atomic mass is 32.2. The fourth-order valence-electron chi connectivity index (χ4n) is 3.40. The number of benzene rings is 1. The van der Waals surface area contributed by atoms with Crippen molar-refractivity contribution in [2.24, 2.45) is 5.73 Å². The maximum Gasteiger partial charge on any atom is 0.341 e. The minimum atomic E-state index is -0.858. The van der Waals surface area contributed by atoms with Gasteiger partial charge in [0.1, 0.15) is 10.8 Å². The van der Waals surface area contributed by atoms with Gasteiger partial charge in [-0.05, 0) is 38.5 Å². The molecule has 10 nitrogen and oxygen atoms in total. The largest absolute Gasteiger partial charge is 0.480 e. The molecule has 0 fully saturated rings. The standard InChI is InChI=1S/C24H25F2N5O5S2/c1-5-9-31-21(13(4)36-16-8-7-14(25)10-15(16)26)29-30-24(31)37-11-17(32)28-22-18(23(34)35-6-2)12(3)19(38-22)20(27)33/h5,7-8,10,13H,1,6,9,11H2,2-4H3,(H2,27,33)(H,28,32). The number of rotatable bonds is 12. The number of carbonyl (C=O) groups is 3. The van der Waals surface area contributed by atoms with E-state index in [4.69, 9.17) is 15.2 Å². The molecule has 2 amide bonds. The first kappa shape index (κ1) is 28.8. The number of primary amides is 1. The Morgan fingerprint density at radius 1 is 1.32 bits per heavy atom. The number of esters is 1. The smallest absolute Gasteiger partial charge is 0.341 e. The summed E-state index contributed by atoms with van der Waals surface area (Å²) in [7, 11) is 0. The second-order valence-corrected chi connectivity index (χ2v) is 9.72. The predicted octanol–water partition coefficient (Wildman–Crippen LogP) is 4.26. The molecule has 3 N–H and O–H groups in total. The van der Waals surface area contributed by atoms with Crippen LogP contribution >= 0.6 is 23.1 Å². The van der Waals surface area contributed by atoms with Crippen molar-refractivity contribution >= 4 is 45.9 Å². The molecule has 0 saturated heterocycles. The number of halogens is 2. The lowest BCUT2D eigenvalue weighted by Gasteiger charge is -2.16. The van der Waals surface area contributed by atoms with Gasteiger partial charge in [0.25, 0.3) is 5.91 Å². The molecule has 2 aromatic heterocycles. The summed E-state index contributed by atoms with van der Waals surface area (Å²) in [5.74, 6) is -3.42. The van der Waals surface area contributed by atoms with Crippen LogP contribution in [0.5, 0.6) is 5.75 Å². The van der Waals surface area contributed by atoms with E-state index in [2.05, 4.69) is 22.1 Å². The van der Waals surface area contributed by atoms with Gasteiger partial charge < -0.3 is 20.5 Å². The number of carbonyl (C=O) groups excluding carboxylic acids is 3. The summed E-state index contributed by atoms with van der Waals surface area (Å²) in [6.07, 6.45) is 0.826. The first-order valence-electron chi connectivity index (χ1n) is 11.3. The molecular weight excluding hydrogens is 540 g/mol. The molecule has 202 valence electrons. The van der Waals surface area contributed by atoms with Gasteiger partial charge in [-0.2, -0.15) is 0 Å². The van der Waals surface area contributed by atoms with E-state index in [0.717, 1.165) is 29.2 Å². The number of thiophene rings is 1. The van der Waals surface area contributed by atoms with Crippen molar-refractivity contribution in [2.75, 3.05) is 17.7 Å². The molecule has 0 aliphatic heterocycles. The number of thioether (sulfide) groups is 1. The van der Waals surface area contributed by atoms with Gasteiger partial charge in [0.05, 0.1) is 22.8 Å². The van der Waals surface area contributed by atoms with Gasteiger partial charge in [-0.15, -0.1) is 28.1 Å². The number of nitrogens with two attached hydrogens (primary N) is 1. The van der Waals surface area contributed by atoms with Crippen molar-refractivity contribution in [1.29, 1.82) is 0 Å².